The molecule has 2 aromatic carbocycles. The molecule has 0 spiro atoms. The van der Waals surface area contributed by atoms with E-state index in [1.807, 2.05) is 24.3 Å². The lowest BCUT2D eigenvalue weighted by Gasteiger charge is -2.15. The molecule has 102 valence electrons. The third-order valence-electron chi connectivity index (χ3n) is 3.33. The zero-order valence-corrected chi connectivity index (χ0v) is 10.7. The molecule has 0 saturated carbocycles. The van der Waals surface area contributed by atoms with Crippen LogP contribution in [0.1, 0.15) is 22.0 Å². The van der Waals surface area contributed by atoms with Crippen molar-refractivity contribution in [1.82, 2.24) is 0 Å². The summed E-state index contributed by atoms with van der Waals surface area (Å²) in [5, 5.41) is 12.3. The molecule has 5 nitrogen and oxygen atoms in total. The van der Waals surface area contributed by atoms with E-state index in [1.54, 1.807) is 12.1 Å². The third-order valence-corrected chi connectivity index (χ3v) is 3.33. The number of para-hydroxylation sites is 1. The Morgan fingerprint density at radius 3 is 2.90 bits per heavy atom. The monoisotopic (exact) mass is 270 g/mol. The molecule has 0 aliphatic carbocycles. The van der Waals surface area contributed by atoms with Gasteiger partial charge in [-0.15, -0.1) is 0 Å². The number of rotatable bonds is 3. The van der Waals surface area contributed by atoms with E-state index < -0.39 is 5.97 Å². The van der Waals surface area contributed by atoms with Crippen LogP contribution in [0.15, 0.2) is 42.5 Å². The number of hydrogen-bond acceptors (Lipinski definition) is 4. The van der Waals surface area contributed by atoms with Crippen LogP contribution in [-0.2, 0) is 0 Å². The number of carbonyl (C=O) groups is 1. The van der Waals surface area contributed by atoms with Crippen LogP contribution in [0.25, 0.3) is 0 Å². The standard InChI is InChI=1S/C15H14N2O3/c16-11-6-5-9(15(18)19)7-12(11)17-13-8-20-14-4-2-1-3-10(13)14/h1-7,13,17H,8,16H2,(H,18,19). The largest absolute Gasteiger partial charge is 0.491 e. The molecule has 1 atom stereocenters. The van der Waals surface area contributed by atoms with E-state index in [0.29, 0.717) is 18.0 Å². The molecule has 0 amide bonds. The molecule has 0 aromatic heterocycles. The van der Waals surface area contributed by atoms with Gasteiger partial charge in [0, 0.05) is 5.56 Å². The second kappa shape index (κ2) is 4.77. The number of nitrogen functional groups attached to an aromatic ring is 1. The Balaban J connectivity index is 1.89. The quantitative estimate of drug-likeness (QED) is 0.746. The van der Waals surface area contributed by atoms with Crippen molar-refractivity contribution in [3.63, 3.8) is 0 Å². The minimum atomic E-state index is -0.976. The highest BCUT2D eigenvalue weighted by Crippen LogP contribution is 2.35. The van der Waals surface area contributed by atoms with Crippen molar-refractivity contribution in [3.8, 4) is 5.75 Å². The zero-order chi connectivity index (χ0) is 14.1. The summed E-state index contributed by atoms with van der Waals surface area (Å²) in [7, 11) is 0. The van der Waals surface area contributed by atoms with Crippen molar-refractivity contribution in [3.05, 3.63) is 53.6 Å². The smallest absolute Gasteiger partial charge is 0.335 e. The van der Waals surface area contributed by atoms with Crippen LogP contribution in [0.5, 0.6) is 5.75 Å². The van der Waals surface area contributed by atoms with Gasteiger partial charge < -0.3 is 20.9 Å². The van der Waals surface area contributed by atoms with Gasteiger partial charge in [0.25, 0.3) is 0 Å². The van der Waals surface area contributed by atoms with Crippen LogP contribution in [0.3, 0.4) is 0 Å². The van der Waals surface area contributed by atoms with Crippen LogP contribution in [0, 0.1) is 0 Å². The van der Waals surface area contributed by atoms with Gasteiger partial charge in [-0.05, 0) is 24.3 Å². The predicted octanol–water partition coefficient (Wildman–Crippen LogP) is 2.51. The first kappa shape index (κ1) is 12.3. The number of nitrogens with one attached hydrogen (secondary N) is 1. The number of fused-ring (bicyclic) bond motifs is 1. The van der Waals surface area contributed by atoms with Crippen LogP contribution in [0.4, 0.5) is 11.4 Å². The van der Waals surface area contributed by atoms with Gasteiger partial charge in [-0.1, -0.05) is 18.2 Å². The summed E-state index contributed by atoms with van der Waals surface area (Å²) in [6, 6.07) is 12.3. The second-order valence-electron chi connectivity index (χ2n) is 4.65. The molecule has 1 aliphatic rings. The number of anilines is 2. The van der Waals surface area contributed by atoms with Crippen molar-refractivity contribution < 1.29 is 14.6 Å². The average Bonchev–Trinajstić information content (AvgIpc) is 2.84. The highest BCUT2D eigenvalue weighted by atomic mass is 16.5. The topological polar surface area (TPSA) is 84.6 Å². The number of nitrogens with two attached hydrogens (primary N) is 1. The first-order chi connectivity index (χ1) is 9.65. The van der Waals surface area contributed by atoms with Crippen molar-refractivity contribution >= 4 is 17.3 Å². The molecule has 0 bridgehead atoms. The second-order valence-corrected chi connectivity index (χ2v) is 4.65. The van der Waals surface area contributed by atoms with Gasteiger partial charge in [0.15, 0.2) is 0 Å². The van der Waals surface area contributed by atoms with E-state index in [4.69, 9.17) is 15.6 Å². The van der Waals surface area contributed by atoms with E-state index in [9.17, 15) is 4.79 Å². The predicted molar refractivity (Wildman–Crippen MR) is 76.1 cm³/mol. The maximum Gasteiger partial charge on any atom is 0.335 e. The lowest BCUT2D eigenvalue weighted by molar-refractivity contribution is 0.0697. The van der Waals surface area contributed by atoms with Crippen LogP contribution < -0.4 is 15.8 Å². The van der Waals surface area contributed by atoms with Crippen molar-refractivity contribution in [2.24, 2.45) is 0 Å². The number of hydrogen-bond donors (Lipinski definition) is 3. The van der Waals surface area contributed by atoms with E-state index in [-0.39, 0.29) is 11.6 Å². The molecule has 0 fully saturated rings. The molecule has 2 aromatic rings. The highest BCUT2D eigenvalue weighted by molar-refractivity contribution is 5.90. The van der Waals surface area contributed by atoms with Crippen LogP contribution in [0.2, 0.25) is 0 Å². The maximum atomic E-state index is 11.0. The van der Waals surface area contributed by atoms with Gasteiger partial charge in [0.1, 0.15) is 12.4 Å². The summed E-state index contributed by atoms with van der Waals surface area (Å²) in [6.07, 6.45) is 0. The summed E-state index contributed by atoms with van der Waals surface area (Å²) in [5.41, 5.74) is 8.26. The van der Waals surface area contributed by atoms with Gasteiger partial charge in [0.05, 0.1) is 23.0 Å². The molecule has 5 heteroatoms. The zero-order valence-electron chi connectivity index (χ0n) is 10.7. The summed E-state index contributed by atoms with van der Waals surface area (Å²) in [4.78, 5) is 11.0. The van der Waals surface area contributed by atoms with E-state index in [1.165, 1.54) is 6.07 Å². The van der Waals surface area contributed by atoms with Crippen LogP contribution in [-0.4, -0.2) is 17.7 Å². The van der Waals surface area contributed by atoms with Gasteiger partial charge in [-0.25, -0.2) is 4.79 Å². The van der Waals surface area contributed by atoms with Crippen LogP contribution >= 0.6 is 0 Å². The van der Waals surface area contributed by atoms with Crippen molar-refractivity contribution in [2.45, 2.75) is 6.04 Å². The molecule has 1 aliphatic heterocycles. The summed E-state index contributed by atoms with van der Waals surface area (Å²) in [5.74, 6) is -0.130. The van der Waals surface area contributed by atoms with E-state index >= 15 is 0 Å². The average molecular weight is 270 g/mol. The Labute approximate surface area is 116 Å². The fraction of sp³-hybridized carbons (Fsp3) is 0.133. The fourth-order valence-corrected chi connectivity index (χ4v) is 2.28. The Hall–Kier alpha value is -2.69. The van der Waals surface area contributed by atoms with Gasteiger partial charge in [0.2, 0.25) is 0 Å². The Kier molecular flexibility index (Phi) is 2.95. The highest BCUT2D eigenvalue weighted by Gasteiger charge is 2.24. The number of benzene rings is 2. The maximum absolute atomic E-state index is 11.0. The first-order valence-corrected chi connectivity index (χ1v) is 6.26. The van der Waals surface area contributed by atoms with E-state index in [0.717, 1.165) is 11.3 Å². The minimum Gasteiger partial charge on any atom is -0.491 e. The molecule has 0 radical (unpaired) electrons. The summed E-state index contributed by atoms with van der Waals surface area (Å²) in [6.45, 7) is 0.496. The molecule has 3 rings (SSSR count). The summed E-state index contributed by atoms with van der Waals surface area (Å²) >= 11 is 0. The molecule has 0 saturated heterocycles. The first-order valence-electron chi connectivity index (χ1n) is 6.26. The van der Waals surface area contributed by atoms with E-state index in [2.05, 4.69) is 5.32 Å². The van der Waals surface area contributed by atoms with Gasteiger partial charge in [-0.2, -0.15) is 0 Å². The number of aromatic carboxylic acids is 1. The third kappa shape index (κ3) is 2.14. The number of carboxylic acids is 1. The molecular formula is C15H14N2O3. The van der Waals surface area contributed by atoms with Crippen molar-refractivity contribution in [1.29, 1.82) is 0 Å². The number of ether oxygens (including phenoxy) is 1. The Bertz CT molecular complexity index is 670. The molecule has 20 heavy (non-hydrogen) atoms. The lowest BCUT2D eigenvalue weighted by atomic mass is 10.1. The minimum absolute atomic E-state index is 0.0301. The molecule has 4 N–H and O–H groups in total. The lowest BCUT2D eigenvalue weighted by Crippen LogP contribution is -2.13. The number of carboxylic acid groups (broad SMARTS) is 1. The normalized spacial score (nSPS) is 16.3. The summed E-state index contributed by atoms with van der Waals surface area (Å²) < 4.78 is 5.58. The Morgan fingerprint density at radius 1 is 1.30 bits per heavy atom. The molecular weight excluding hydrogens is 256 g/mol. The van der Waals surface area contributed by atoms with Gasteiger partial charge in [-0.3, -0.25) is 0 Å². The Morgan fingerprint density at radius 2 is 2.10 bits per heavy atom. The molecule has 1 unspecified atom stereocenters. The van der Waals surface area contributed by atoms with Crippen molar-refractivity contribution in [2.75, 3.05) is 17.7 Å². The fourth-order valence-electron chi connectivity index (χ4n) is 2.28. The van der Waals surface area contributed by atoms with Gasteiger partial charge >= 0.3 is 5.97 Å². The SMILES string of the molecule is Nc1ccc(C(=O)O)cc1NC1COc2ccccc21. The molecule has 1 heterocycles.